The van der Waals surface area contributed by atoms with E-state index in [0.29, 0.717) is 13.1 Å². The lowest BCUT2D eigenvalue weighted by molar-refractivity contribution is 0.192. The number of hydrogen-bond acceptors (Lipinski definition) is 2. The van der Waals surface area contributed by atoms with Crippen LogP contribution in [0.25, 0.3) is 0 Å². The van der Waals surface area contributed by atoms with Gasteiger partial charge in [-0.2, -0.15) is 0 Å². The maximum absolute atomic E-state index is 12.2. The van der Waals surface area contributed by atoms with Crippen LogP contribution in [0.5, 0.6) is 0 Å². The number of fused-ring (bicyclic) bond motifs is 1. The van der Waals surface area contributed by atoms with Gasteiger partial charge in [0.15, 0.2) is 0 Å². The van der Waals surface area contributed by atoms with Gasteiger partial charge in [-0.1, -0.05) is 24.3 Å². The number of urea groups is 1. The number of hydrogen-bond donors (Lipinski definition) is 1. The molecule has 0 radical (unpaired) electrons. The number of carbonyl (C=O) groups is 1. The van der Waals surface area contributed by atoms with Crippen molar-refractivity contribution in [2.75, 3.05) is 13.1 Å². The van der Waals surface area contributed by atoms with Crippen molar-refractivity contribution >= 4 is 6.03 Å². The van der Waals surface area contributed by atoms with E-state index >= 15 is 0 Å². The van der Waals surface area contributed by atoms with Gasteiger partial charge in [-0.05, 0) is 48.1 Å². The van der Waals surface area contributed by atoms with Crippen molar-refractivity contribution in [1.82, 2.24) is 15.2 Å². The van der Waals surface area contributed by atoms with Gasteiger partial charge in [0.2, 0.25) is 0 Å². The first-order valence-corrected chi connectivity index (χ1v) is 7.81. The van der Waals surface area contributed by atoms with Gasteiger partial charge in [-0.25, -0.2) is 4.79 Å². The van der Waals surface area contributed by atoms with Crippen molar-refractivity contribution in [1.29, 1.82) is 0 Å². The van der Waals surface area contributed by atoms with Crippen LogP contribution >= 0.6 is 0 Å². The predicted octanol–water partition coefficient (Wildman–Crippen LogP) is 2.78. The number of aryl methyl sites for hydroxylation is 1. The summed E-state index contributed by atoms with van der Waals surface area (Å²) in [5.74, 6) is 0. The molecule has 0 atom stereocenters. The van der Waals surface area contributed by atoms with Gasteiger partial charge in [0.25, 0.3) is 0 Å². The monoisotopic (exact) mass is 295 g/mol. The summed E-state index contributed by atoms with van der Waals surface area (Å²) in [6, 6.07) is 12.4. The minimum Gasteiger partial charge on any atom is -0.338 e. The highest BCUT2D eigenvalue weighted by Gasteiger charge is 2.19. The van der Waals surface area contributed by atoms with Crippen molar-refractivity contribution < 1.29 is 4.79 Å². The van der Waals surface area contributed by atoms with Crippen molar-refractivity contribution in [3.05, 3.63) is 65.5 Å². The van der Waals surface area contributed by atoms with E-state index in [-0.39, 0.29) is 6.03 Å². The smallest absolute Gasteiger partial charge is 0.317 e. The van der Waals surface area contributed by atoms with Crippen LogP contribution in [0.2, 0.25) is 0 Å². The fraction of sp³-hybridized carbons (Fsp3) is 0.333. The molecule has 1 aromatic heterocycles. The Balaban J connectivity index is 1.43. The molecule has 0 spiro atoms. The molecule has 0 fully saturated rings. The second-order valence-electron chi connectivity index (χ2n) is 5.63. The Hall–Kier alpha value is -2.36. The Morgan fingerprint density at radius 2 is 1.91 bits per heavy atom. The topological polar surface area (TPSA) is 45.2 Å². The Kier molecular flexibility index (Phi) is 4.68. The van der Waals surface area contributed by atoms with Crippen LogP contribution in [-0.4, -0.2) is 29.0 Å². The minimum atomic E-state index is 0.0456. The fourth-order valence-corrected chi connectivity index (χ4v) is 2.82. The average Bonchev–Trinajstić information content (AvgIpc) is 2.59. The Labute approximate surface area is 131 Å². The molecule has 2 aromatic rings. The van der Waals surface area contributed by atoms with E-state index in [9.17, 15) is 4.79 Å². The Bertz CT molecular complexity index is 627. The zero-order valence-corrected chi connectivity index (χ0v) is 12.7. The molecular formula is C18H21N3O. The maximum atomic E-state index is 12.2. The Morgan fingerprint density at radius 1 is 1.14 bits per heavy atom. The van der Waals surface area contributed by atoms with Gasteiger partial charge in [0.05, 0.1) is 0 Å². The van der Waals surface area contributed by atoms with Crippen LogP contribution in [0.4, 0.5) is 4.79 Å². The first kappa shape index (κ1) is 14.6. The summed E-state index contributed by atoms with van der Waals surface area (Å²) < 4.78 is 0. The number of amides is 2. The zero-order valence-electron chi connectivity index (χ0n) is 12.7. The SMILES string of the molecule is O=C(NCCCc1ccncc1)N1CCc2ccccc2C1. The van der Waals surface area contributed by atoms with Gasteiger partial charge in [-0.3, -0.25) is 4.98 Å². The van der Waals surface area contributed by atoms with Gasteiger partial charge in [-0.15, -0.1) is 0 Å². The summed E-state index contributed by atoms with van der Waals surface area (Å²) in [6.07, 6.45) is 6.46. The van der Waals surface area contributed by atoms with Crippen LogP contribution in [0.1, 0.15) is 23.1 Å². The fourth-order valence-electron chi connectivity index (χ4n) is 2.82. The second-order valence-corrected chi connectivity index (χ2v) is 5.63. The minimum absolute atomic E-state index is 0.0456. The number of nitrogens with one attached hydrogen (secondary N) is 1. The molecule has 1 N–H and O–H groups in total. The van der Waals surface area contributed by atoms with Crippen molar-refractivity contribution in [3.63, 3.8) is 0 Å². The number of nitrogens with zero attached hydrogens (tertiary/aromatic N) is 2. The number of carbonyl (C=O) groups excluding carboxylic acids is 1. The lowest BCUT2D eigenvalue weighted by atomic mass is 10.0. The molecule has 2 amide bonds. The van der Waals surface area contributed by atoms with E-state index < -0.39 is 0 Å². The molecule has 0 saturated carbocycles. The number of aromatic nitrogens is 1. The molecule has 0 bridgehead atoms. The summed E-state index contributed by atoms with van der Waals surface area (Å²) in [5, 5.41) is 3.02. The molecule has 1 aliphatic rings. The Morgan fingerprint density at radius 3 is 2.73 bits per heavy atom. The third-order valence-corrected chi connectivity index (χ3v) is 4.09. The van der Waals surface area contributed by atoms with Crippen molar-refractivity contribution in [3.8, 4) is 0 Å². The lowest BCUT2D eigenvalue weighted by Gasteiger charge is -2.29. The maximum Gasteiger partial charge on any atom is 0.317 e. The molecule has 1 aromatic carbocycles. The van der Waals surface area contributed by atoms with Crippen LogP contribution < -0.4 is 5.32 Å². The largest absolute Gasteiger partial charge is 0.338 e. The van der Waals surface area contributed by atoms with E-state index in [2.05, 4.69) is 28.5 Å². The molecule has 2 heterocycles. The first-order chi connectivity index (χ1) is 10.8. The highest BCUT2D eigenvalue weighted by atomic mass is 16.2. The van der Waals surface area contributed by atoms with E-state index in [4.69, 9.17) is 0 Å². The van der Waals surface area contributed by atoms with Crippen LogP contribution in [0.15, 0.2) is 48.8 Å². The molecule has 4 heteroatoms. The van der Waals surface area contributed by atoms with E-state index in [1.807, 2.05) is 23.1 Å². The van der Waals surface area contributed by atoms with Crippen LogP contribution in [0, 0.1) is 0 Å². The third kappa shape index (κ3) is 3.64. The van der Waals surface area contributed by atoms with Gasteiger partial charge in [0, 0.05) is 32.0 Å². The highest BCUT2D eigenvalue weighted by Crippen LogP contribution is 2.18. The van der Waals surface area contributed by atoms with Crippen LogP contribution in [0.3, 0.4) is 0 Å². The average molecular weight is 295 g/mol. The van der Waals surface area contributed by atoms with Crippen LogP contribution in [-0.2, 0) is 19.4 Å². The molecule has 4 nitrogen and oxygen atoms in total. The zero-order chi connectivity index (χ0) is 15.2. The second kappa shape index (κ2) is 7.07. The van der Waals surface area contributed by atoms with E-state index in [1.165, 1.54) is 16.7 Å². The molecule has 0 saturated heterocycles. The summed E-state index contributed by atoms with van der Waals surface area (Å²) >= 11 is 0. The van der Waals surface area contributed by atoms with E-state index in [1.54, 1.807) is 12.4 Å². The summed E-state index contributed by atoms with van der Waals surface area (Å²) in [6.45, 7) is 2.22. The number of rotatable bonds is 4. The van der Waals surface area contributed by atoms with Crippen molar-refractivity contribution in [2.24, 2.45) is 0 Å². The predicted molar refractivity (Wildman–Crippen MR) is 86.5 cm³/mol. The third-order valence-electron chi connectivity index (χ3n) is 4.09. The molecular weight excluding hydrogens is 274 g/mol. The molecule has 114 valence electrons. The molecule has 0 aliphatic carbocycles. The molecule has 0 unspecified atom stereocenters. The van der Waals surface area contributed by atoms with Gasteiger partial charge < -0.3 is 10.2 Å². The number of pyridine rings is 1. The molecule has 22 heavy (non-hydrogen) atoms. The van der Waals surface area contributed by atoms with Crippen molar-refractivity contribution in [2.45, 2.75) is 25.8 Å². The van der Waals surface area contributed by atoms with E-state index in [0.717, 1.165) is 25.8 Å². The summed E-state index contributed by atoms with van der Waals surface area (Å²) in [5.41, 5.74) is 3.89. The molecule has 1 aliphatic heterocycles. The highest BCUT2D eigenvalue weighted by molar-refractivity contribution is 5.74. The summed E-state index contributed by atoms with van der Waals surface area (Å²) in [4.78, 5) is 18.1. The first-order valence-electron chi connectivity index (χ1n) is 7.81. The van der Waals surface area contributed by atoms with Gasteiger partial charge >= 0.3 is 6.03 Å². The van der Waals surface area contributed by atoms with Gasteiger partial charge in [0.1, 0.15) is 0 Å². The standard InChI is InChI=1S/C18H21N3O/c22-18(20-10-3-4-15-7-11-19-12-8-15)21-13-9-16-5-1-2-6-17(16)14-21/h1-2,5-8,11-12H,3-4,9-10,13-14H2,(H,20,22). The quantitative estimate of drug-likeness (QED) is 0.882. The number of benzene rings is 1. The lowest BCUT2D eigenvalue weighted by Crippen LogP contribution is -2.43. The summed E-state index contributed by atoms with van der Waals surface area (Å²) in [7, 11) is 0. The molecule has 3 rings (SSSR count). The normalized spacial score (nSPS) is 13.5.